The fourth-order valence-electron chi connectivity index (χ4n) is 2.29. The molecular weight excluding hydrogens is 330 g/mol. The van der Waals surface area contributed by atoms with E-state index in [2.05, 4.69) is 16.4 Å². The molecule has 4 nitrogen and oxygen atoms in total. The van der Waals surface area contributed by atoms with Crippen molar-refractivity contribution in [2.75, 3.05) is 0 Å². The molecule has 0 saturated carbocycles. The molecule has 0 fully saturated rings. The predicted octanol–water partition coefficient (Wildman–Crippen LogP) is 4.03. The van der Waals surface area contributed by atoms with Crippen molar-refractivity contribution < 1.29 is 4.79 Å². The van der Waals surface area contributed by atoms with Crippen LogP contribution in [0.5, 0.6) is 0 Å². The lowest BCUT2D eigenvalue weighted by Crippen LogP contribution is -2.23. The molecule has 2 aromatic carbocycles. The number of carbonyl (C=O) groups is 1. The van der Waals surface area contributed by atoms with E-state index >= 15 is 0 Å². The largest absolute Gasteiger partial charge is 0.348 e. The number of pyridine rings is 1. The van der Waals surface area contributed by atoms with Gasteiger partial charge in [0.1, 0.15) is 6.07 Å². The number of hydrogen-bond donors (Lipinski definition) is 1. The monoisotopic (exact) mass is 345 g/mol. The van der Waals surface area contributed by atoms with Crippen molar-refractivity contribution in [3.8, 4) is 6.07 Å². The van der Waals surface area contributed by atoms with Gasteiger partial charge in [-0.15, -0.1) is 0 Å². The standard InChI is InChI=1S/C20H15N3OS/c21-12-16-7-1-3-9-18(16)25-19-10-4-2-8-17(19)20(24)23-14-15-6-5-11-22-13-15/h1-11,13H,14H2,(H,23,24). The number of hydrogen-bond acceptors (Lipinski definition) is 4. The molecule has 1 aromatic heterocycles. The lowest BCUT2D eigenvalue weighted by atomic mass is 10.2. The van der Waals surface area contributed by atoms with Gasteiger partial charge < -0.3 is 5.32 Å². The molecule has 0 saturated heterocycles. The molecular formula is C20H15N3OS. The molecule has 1 N–H and O–H groups in total. The van der Waals surface area contributed by atoms with Crippen LogP contribution in [0.3, 0.4) is 0 Å². The highest BCUT2D eigenvalue weighted by atomic mass is 32.2. The van der Waals surface area contributed by atoms with Crippen LogP contribution in [0, 0.1) is 11.3 Å². The van der Waals surface area contributed by atoms with Gasteiger partial charge in [0.15, 0.2) is 0 Å². The Hall–Kier alpha value is -3.10. The van der Waals surface area contributed by atoms with Gasteiger partial charge in [-0.1, -0.05) is 42.1 Å². The predicted molar refractivity (Wildman–Crippen MR) is 97.1 cm³/mol. The van der Waals surface area contributed by atoms with Crippen molar-refractivity contribution in [1.29, 1.82) is 5.26 Å². The van der Waals surface area contributed by atoms with E-state index in [0.29, 0.717) is 17.7 Å². The minimum Gasteiger partial charge on any atom is -0.348 e. The summed E-state index contributed by atoms with van der Waals surface area (Å²) in [6.45, 7) is 0.417. The van der Waals surface area contributed by atoms with Gasteiger partial charge in [-0.2, -0.15) is 5.26 Å². The molecule has 0 unspecified atom stereocenters. The van der Waals surface area contributed by atoms with Crippen LogP contribution in [0.1, 0.15) is 21.5 Å². The molecule has 3 aromatic rings. The Balaban J connectivity index is 1.79. The summed E-state index contributed by atoms with van der Waals surface area (Å²) in [5.74, 6) is -0.151. The van der Waals surface area contributed by atoms with E-state index < -0.39 is 0 Å². The van der Waals surface area contributed by atoms with Gasteiger partial charge in [-0.25, -0.2) is 0 Å². The fraction of sp³-hybridized carbons (Fsp3) is 0.0500. The summed E-state index contributed by atoms with van der Waals surface area (Å²) in [5.41, 5.74) is 2.12. The molecule has 25 heavy (non-hydrogen) atoms. The van der Waals surface area contributed by atoms with Crippen molar-refractivity contribution in [1.82, 2.24) is 10.3 Å². The third kappa shape index (κ3) is 4.25. The zero-order valence-corrected chi connectivity index (χ0v) is 14.2. The lowest BCUT2D eigenvalue weighted by Gasteiger charge is -2.10. The molecule has 0 aliphatic rings. The van der Waals surface area contributed by atoms with Gasteiger partial charge in [0.2, 0.25) is 0 Å². The SMILES string of the molecule is N#Cc1ccccc1Sc1ccccc1C(=O)NCc1cccnc1. The second-order valence-corrected chi connectivity index (χ2v) is 6.33. The van der Waals surface area contributed by atoms with Crippen LogP contribution in [0.4, 0.5) is 0 Å². The highest BCUT2D eigenvalue weighted by Gasteiger charge is 2.13. The van der Waals surface area contributed by atoms with Gasteiger partial charge in [-0.05, 0) is 35.9 Å². The Morgan fingerprint density at radius 3 is 2.56 bits per heavy atom. The fourth-order valence-corrected chi connectivity index (χ4v) is 3.31. The summed E-state index contributed by atoms with van der Waals surface area (Å²) >= 11 is 1.42. The summed E-state index contributed by atoms with van der Waals surface area (Å²) in [4.78, 5) is 18.3. The zero-order valence-electron chi connectivity index (χ0n) is 13.3. The first-order chi connectivity index (χ1) is 12.3. The van der Waals surface area contributed by atoms with Crippen molar-refractivity contribution in [3.05, 3.63) is 89.7 Å². The highest BCUT2D eigenvalue weighted by molar-refractivity contribution is 7.99. The average molecular weight is 345 g/mol. The van der Waals surface area contributed by atoms with Crippen molar-refractivity contribution in [2.45, 2.75) is 16.3 Å². The third-order valence-electron chi connectivity index (χ3n) is 3.53. The Morgan fingerprint density at radius 1 is 1.04 bits per heavy atom. The maximum absolute atomic E-state index is 12.6. The highest BCUT2D eigenvalue weighted by Crippen LogP contribution is 2.32. The van der Waals surface area contributed by atoms with Crippen LogP contribution >= 0.6 is 11.8 Å². The minimum atomic E-state index is -0.151. The number of aromatic nitrogens is 1. The topological polar surface area (TPSA) is 65.8 Å². The number of nitrogens with zero attached hydrogens (tertiary/aromatic N) is 2. The Bertz CT molecular complexity index is 919. The molecule has 122 valence electrons. The van der Waals surface area contributed by atoms with Crippen LogP contribution in [0.2, 0.25) is 0 Å². The average Bonchev–Trinajstić information content (AvgIpc) is 2.68. The number of nitrogens with one attached hydrogen (secondary N) is 1. The molecule has 1 heterocycles. The van der Waals surface area contributed by atoms with Crippen molar-refractivity contribution in [3.63, 3.8) is 0 Å². The maximum atomic E-state index is 12.6. The van der Waals surface area contributed by atoms with Crippen LogP contribution in [-0.4, -0.2) is 10.9 Å². The molecule has 1 amide bonds. The molecule has 0 spiro atoms. The minimum absolute atomic E-state index is 0.151. The van der Waals surface area contributed by atoms with E-state index in [1.54, 1.807) is 24.5 Å². The molecule has 0 bridgehead atoms. The molecule has 0 aliphatic carbocycles. The van der Waals surface area contributed by atoms with E-state index in [9.17, 15) is 10.1 Å². The summed E-state index contributed by atoms with van der Waals surface area (Å²) in [7, 11) is 0. The van der Waals surface area contributed by atoms with Gasteiger partial charge in [0.05, 0.1) is 11.1 Å². The van der Waals surface area contributed by atoms with E-state index in [1.807, 2.05) is 48.5 Å². The van der Waals surface area contributed by atoms with Gasteiger partial charge >= 0.3 is 0 Å². The van der Waals surface area contributed by atoms with Crippen LogP contribution in [0.25, 0.3) is 0 Å². The first-order valence-electron chi connectivity index (χ1n) is 7.71. The smallest absolute Gasteiger partial charge is 0.252 e. The molecule has 5 heteroatoms. The first-order valence-corrected chi connectivity index (χ1v) is 8.52. The number of amides is 1. The number of rotatable bonds is 5. The van der Waals surface area contributed by atoms with E-state index in [0.717, 1.165) is 15.4 Å². The summed E-state index contributed by atoms with van der Waals surface area (Å²) in [6.07, 6.45) is 3.42. The number of carbonyl (C=O) groups excluding carboxylic acids is 1. The van der Waals surface area contributed by atoms with Crippen molar-refractivity contribution in [2.24, 2.45) is 0 Å². The second-order valence-electron chi connectivity index (χ2n) is 5.25. The second kappa shape index (κ2) is 8.13. The normalized spacial score (nSPS) is 10.0. The van der Waals surface area contributed by atoms with Crippen LogP contribution in [0.15, 0.2) is 82.8 Å². The third-order valence-corrected chi connectivity index (χ3v) is 4.69. The van der Waals surface area contributed by atoms with Gasteiger partial charge in [-0.3, -0.25) is 9.78 Å². The van der Waals surface area contributed by atoms with E-state index in [4.69, 9.17) is 0 Å². The Morgan fingerprint density at radius 2 is 1.80 bits per heavy atom. The Labute approximate surface area is 150 Å². The first kappa shape index (κ1) is 16.7. The summed E-state index contributed by atoms with van der Waals surface area (Å²) < 4.78 is 0. The van der Waals surface area contributed by atoms with Gasteiger partial charge in [0, 0.05) is 28.7 Å². The van der Waals surface area contributed by atoms with Crippen LogP contribution in [-0.2, 0) is 6.54 Å². The summed E-state index contributed by atoms with van der Waals surface area (Å²) in [5, 5.41) is 12.1. The van der Waals surface area contributed by atoms with Crippen LogP contribution < -0.4 is 5.32 Å². The molecule has 0 radical (unpaired) electrons. The maximum Gasteiger partial charge on any atom is 0.252 e. The molecule has 0 atom stereocenters. The molecule has 0 aliphatic heterocycles. The lowest BCUT2D eigenvalue weighted by molar-refractivity contribution is 0.0948. The quantitative estimate of drug-likeness (QED) is 0.758. The van der Waals surface area contributed by atoms with E-state index in [1.165, 1.54) is 11.8 Å². The zero-order chi connectivity index (χ0) is 17.5. The number of nitriles is 1. The number of benzene rings is 2. The Kier molecular flexibility index (Phi) is 5.45. The van der Waals surface area contributed by atoms with Crippen molar-refractivity contribution >= 4 is 17.7 Å². The molecule has 3 rings (SSSR count). The van der Waals surface area contributed by atoms with Gasteiger partial charge in [0.25, 0.3) is 5.91 Å². The van der Waals surface area contributed by atoms with E-state index in [-0.39, 0.29) is 5.91 Å². The summed E-state index contributed by atoms with van der Waals surface area (Å²) in [6, 6.07) is 20.7.